The fourth-order valence-electron chi connectivity index (χ4n) is 8.20. The molecule has 0 aromatic carbocycles. The number of guanidine groups is 1. The van der Waals surface area contributed by atoms with Crippen molar-refractivity contribution in [2.24, 2.45) is 32.7 Å². The van der Waals surface area contributed by atoms with Gasteiger partial charge in [-0.15, -0.1) is 0 Å². The highest BCUT2D eigenvalue weighted by molar-refractivity contribution is 6.04. The number of esters is 1. The highest BCUT2D eigenvalue weighted by atomic mass is 16.6. The van der Waals surface area contributed by atoms with Gasteiger partial charge in [0.25, 0.3) is 5.56 Å². The fourth-order valence-corrected chi connectivity index (χ4v) is 8.20. The van der Waals surface area contributed by atoms with Crippen molar-refractivity contribution in [3.63, 3.8) is 0 Å². The number of hydrogen-bond donors (Lipinski definition) is 6. The zero-order chi connectivity index (χ0) is 32.1. The summed E-state index contributed by atoms with van der Waals surface area (Å²) in [4.78, 5) is 53.5. The van der Waals surface area contributed by atoms with Crippen LogP contribution in [0.2, 0.25) is 0 Å². The quantitative estimate of drug-likeness (QED) is 0.173. The lowest BCUT2D eigenvalue weighted by atomic mass is 9.44. The minimum absolute atomic E-state index is 0.0166. The van der Waals surface area contributed by atoms with Crippen LogP contribution >= 0.6 is 0 Å². The second kappa shape index (κ2) is 11.6. The van der Waals surface area contributed by atoms with Crippen LogP contribution in [-0.2, 0) is 19.1 Å². The van der Waals surface area contributed by atoms with E-state index in [2.05, 4.69) is 37.5 Å². The van der Waals surface area contributed by atoms with Crippen LogP contribution in [0.5, 0.6) is 0 Å². The van der Waals surface area contributed by atoms with E-state index < -0.39 is 40.7 Å². The Morgan fingerprint density at radius 2 is 2.07 bits per heavy atom. The summed E-state index contributed by atoms with van der Waals surface area (Å²) in [5, 5.41) is 27.6. The highest BCUT2D eigenvalue weighted by Crippen LogP contribution is 2.66. The molecule has 5 aliphatic rings. The number of epoxide rings is 1. The molecule has 5 unspecified atom stereocenters. The maximum atomic E-state index is 13.4. The molecule has 1 saturated heterocycles. The Balaban J connectivity index is 1.34. The third kappa shape index (κ3) is 5.64. The lowest BCUT2D eigenvalue weighted by molar-refractivity contribution is -0.177. The van der Waals surface area contributed by atoms with Crippen LogP contribution in [0.3, 0.4) is 0 Å². The van der Waals surface area contributed by atoms with Crippen LogP contribution in [0.15, 0.2) is 38.4 Å². The van der Waals surface area contributed by atoms with E-state index in [1.807, 2.05) is 6.92 Å². The lowest BCUT2D eigenvalue weighted by Gasteiger charge is -2.61. The molecular weight excluding hydrogens is 582 g/mol. The standard InChI is InChI=1S/C31H41N7O7/c1-16(24(41)38-28-33-8-9-34-28)36-20(19-11-18(45-26(19)43)10-17-13-35-27(32)37-25(17)42)12-22-29(2)6-5-23(40)30(3,14-39)21(29)4-7-31(22)15-44-31/h8,10-11,13,16,20-23,36,39-40H,4-7,9,12,14-15H2,1-3H3,(H,34,38,41)(H3,32,35,37,42)/b18-10+/t16?,20?,21?,22?,23-,29+,30+,31?/m1/s1. The molecule has 1 amide bonds. The second-order valence-corrected chi connectivity index (χ2v) is 13.5. The average Bonchev–Trinajstić information content (AvgIpc) is 3.39. The Bertz CT molecular complexity index is 1560. The molecule has 2 aliphatic carbocycles. The number of fused-ring (bicyclic) bond motifs is 1. The number of aliphatic imine (C=N–C) groups is 2. The zero-order valence-electron chi connectivity index (χ0n) is 25.7. The summed E-state index contributed by atoms with van der Waals surface area (Å²) in [5.74, 6) is -0.654. The van der Waals surface area contributed by atoms with Gasteiger partial charge < -0.3 is 25.4 Å². The first-order chi connectivity index (χ1) is 21.4. The summed E-state index contributed by atoms with van der Waals surface area (Å²) in [5.41, 5.74) is 4.16. The van der Waals surface area contributed by atoms with Crippen molar-refractivity contribution in [1.82, 2.24) is 20.6 Å². The van der Waals surface area contributed by atoms with Crippen LogP contribution < -0.4 is 21.9 Å². The van der Waals surface area contributed by atoms with Crippen LogP contribution in [0.4, 0.5) is 5.95 Å². The second-order valence-electron chi connectivity index (χ2n) is 13.5. The number of rotatable bonds is 8. The van der Waals surface area contributed by atoms with Crippen molar-refractivity contribution in [1.29, 1.82) is 0 Å². The lowest BCUT2D eigenvalue weighted by Crippen LogP contribution is -2.61. The number of nitrogens with two attached hydrogens (primary N) is 1. The largest absolute Gasteiger partial charge is 0.423 e. The van der Waals surface area contributed by atoms with E-state index in [4.69, 9.17) is 15.2 Å². The van der Waals surface area contributed by atoms with Crippen LogP contribution in [-0.4, -0.2) is 87.8 Å². The Morgan fingerprint density at radius 1 is 1.29 bits per heavy atom. The molecule has 7 N–H and O–H groups in total. The van der Waals surface area contributed by atoms with Crippen molar-refractivity contribution in [2.75, 3.05) is 25.5 Å². The van der Waals surface area contributed by atoms with Crippen LogP contribution in [0.25, 0.3) is 6.08 Å². The number of aliphatic hydroxyl groups excluding tert-OH is 2. The van der Waals surface area contributed by atoms with Gasteiger partial charge in [-0.3, -0.25) is 25.2 Å². The van der Waals surface area contributed by atoms with E-state index in [0.29, 0.717) is 31.6 Å². The number of ether oxygens (including phenoxy) is 2. The molecule has 3 aliphatic heterocycles. The number of amides is 1. The van der Waals surface area contributed by atoms with Crippen molar-refractivity contribution < 1.29 is 29.3 Å². The topological polar surface area (TPSA) is 217 Å². The fraction of sp³-hybridized carbons (Fsp3) is 0.613. The van der Waals surface area contributed by atoms with Gasteiger partial charge in [0.15, 0.2) is 5.95 Å². The molecule has 1 aromatic rings. The number of allylic oxidation sites excluding steroid dienone is 1. The molecule has 2 saturated carbocycles. The Hall–Kier alpha value is -3.72. The third-order valence-corrected chi connectivity index (χ3v) is 10.8. The molecular formula is C31H41N7O7. The number of nitrogens with one attached hydrogen (secondary N) is 3. The number of anilines is 1. The number of H-pyrrole nitrogens is 1. The maximum Gasteiger partial charge on any atom is 0.341 e. The van der Waals surface area contributed by atoms with Crippen LogP contribution in [0.1, 0.15) is 58.4 Å². The molecule has 8 atom stereocenters. The first kappa shape index (κ1) is 31.3. The maximum absolute atomic E-state index is 13.4. The minimum atomic E-state index is -0.751. The summed E-state index contributed by atoms with van der Waals surface area (Å²) in [7, 11) is 0. The van der Waals surface area contributed by atoms with Crippen molar-refractivity contribution >= 4 is 36.1 Å². The summed E-state index contributed by atoms with van der Waals surface area (Å²) >= 11 is 0. The van der Waals surface area contributed by atoms with Gasteiger partial charge in [0, 0.05) is 23.9 Å². The van der Waals surface area contributed by atoms with E-state index in [0.717, 1.165) is 19.3 Å². The van der Waals surface area contributed by atoms with Gasteiger partial charge in [-0.1, -0.05) is 13.8 Å². The zero-order valence-corrected chi connectivity index (χ0v) is 25.7. The van der Waals surface area contributed by atoms with Gasteiger partial charge in [0.2, 0.25) is 11.9 Å². The number of aromatic amines is 1. The number of carbonyl (C=O) groups excluding carboxylic acids is 2. The summed E-state index contributed by atoms with van der Waals surface area (Å²) in [6.45, 7) is 6.71. The number of carbonyl (C=O) groups is 2. The predicted molar refractivity (Wildman–Crippen MR) is 165 cm³/mol. The van der Waals surface area contributed by atoms with E-state index in [-0.39, 0.29) is 53.0 Å². The summed E-state index contributed by atoms with van der Waals surface area (Å²) in [6, 6.07) is -1.39. The first-order valence-electron chi connectivity index (χ1n) is 15.5. The van der Waals surface area contributed by atoms with Gasteiger partial charge >= 0.3 is 5.97 Å². The van der Waals surface area contributed by atoms with Gasteiger partial charge in [0.05, 0.1) is 48.6 Å². The number of aromatic nitrogens is 2. The average molecular weight is 624 g/mol. The van der Waals surface area contributed by atoms with Gasteiger partial charge in [-0.25, -0.2) is 19.8 Å². The molecule has 1 spiro atoms. The summed E-state index contributed by atoms with van der Waals surface area (Å²) < 4.78 is 11.8. The number of aliphatic hydroxyl groups is 2. The summed E-state index contributed by atoms with van der Waals surface area (Å²) in [6.07, 6.45) is 8.54. The molecule has 6 rings (SSSR count). The Labute approximate surface area is 260 Å². The van der Waals surface area contributed by atoms with E-state index >= 15 is 0 Å². The molecule has 4 heterocycles. The monoisotopic (exact) mass is 623 g/mol. The smallest absolute Gasteiger partial charge is 0.341 e. The molecule has 0 bridgehead atoms. The first-order valence-corrected chi connectivity index (χ1v) is 15.5. The van der Waals surface area contributed by atoms with Crippen molar-refractivity contribution in [3.05, 3.63) is 39.5 Å². The van der Waals surface area contributed by atoms with Crippen molar-refractivity contribution in [3.8, 4) is 0 Å². The number of nitrogen functional groups attached to an aromatic ring is 1. The minimum Gasteiger partial charge on any atom is -0.423 e. The van der Waals surface area contributed by atoms with E-state index in [1.165, 1.54) is 12.3 Å². The molecule has 1 aromatic heterocycles. The van der Waals surface area contributed by atoms with Crippen LogP contribution in [0, 0.1) is 22.7 Å². The normalized spacial score (nSPS) is 35.9. The molecule has 3 fully saturated rings. The highest BCUT2D eigenvalue weighted by Gasteiger charge is 2.67. The molecule has 0 radical (unpaired) electrons. The van der Waals surface area contributed by atoms with E-state index in [9.17, 15) is 24.6 Å². The number of cyclic esters (lactones) is 1. The molecule has 45 heavy (non-hydrogen) atoms. The predicted octanol–water partition coefficient (Wildman–Crippen LogP) is 0.424. The van der Waals surface area contributed by atoms with E-state index in [1.54, 1.807) is 19.2 Å². The molecule has 242 valence electrons. The SMILES string of the molecule is CC(NC(CC1C2(CCC3[C@]1(C)CC[C@@H](O)[C@@]3(C)CO)CO2)C1=C/C(=C\c2cnc(N)[nH]c2=O)OC1=O)C(=O)NC1=NCC=N1. The van der Waals surface area contributed by atoms with Gasteiger partial charge in [-0.2, -0.15) is 0 Å². The Morgan fingerprint density at radius 3 is 2.73 bits per heavy atom. The van der Waals surface area contributed by atoms with Gasteiger partial charge in [-0.05, 0) is 68.4 Å². The Kier molecular flexibility index (Phi) is 8.04. The molecule has 14 nitrogen and oxygen atoms in total. The molecule has 14 heteroatoms. The third-order valence-electron chi connectivity index (χ3n) is 10.8. The van der Waals surface area contributed by atoms with Crippen molar-refractivity contribution in [2.45, 2.75) is 76.7 Å². The number of hydrogen-bond acceptors (Lipinski definition) is 12. The number of nitrogens with zero attached hydrogens (tertiary/aromatic N) is 3. The van der Waals surface area contributed by atoms with Gasteiger partial charge in [0.1, 0.15) is 5.76 Å².